The molecule has 130 valence electrons. The molecule has 0 fully saturated rings. The number of hydrogen-bond acceptors (Lipinski definition) is 4. The fraction of sp³-hybridized carbons (Fsp3) is 0.278. The third-order valence-electron chi connectivity index (χ3n) is 3.61. The molecule has 0 aliphatic rings. The van der Waals surface area contributed by atoms with Gasteiger partial charge in [0, 0.05) is 5.56 Å². The second-order valence-corrected chi connectivity index (χ2v) is 5.33. The average molecular weight is 352 g/mol. The number of ether oxygens (including phenoxy) is 1. The van der Waals surface area contributed by atoms with E-state index in [0.29, 0.717) is 36.4 Å². The van der Waals surface area contributed by atoms with Gasteiger partial charge in [0.2, 0.25) is 0 Å². The number of halogens is 1. The van der Waals surface area contributed by atoms with E-state index in [1.165, 1.54) is 0 Å². The number of phenolic OH excluding ortho intramolecular Hbond substituents is 1. The number of quaternary nitrogens is 1. The monoisotopic (exact) mass is 351 g/mol. The van der Waals surface area contributed by atoms with Crippen molar-refractivity contribution in [3.8, 4) is 11.5 Å². The molecule has 0 amide bonds. The van der Waals surface area contributed by atoms with Gasteiger partial charge in [0.05, 0.1) is 20.1 Å². The predicted octanol–water partition coefficient (Wildman–Crippen LogP) is -1.73. The summed E-state index contributed by atoms with van der Waals surface area (Å²) in [7, 11) is 1.57. The topological polar surface area (TPSA) is 83.4 Å². The van der Waals surface area contributed by atoms with E-state index in [-0.39, 0.29) is 23.9 Å². The number of aromatic hydroxyl groups is 1. The van der Waals surface area contributed by atoms with E-state index in [1.807, 2.05) is 5.32 Å². The molecule has 2 aromatic carbocycles. The standard InChI is InChI=1S/C18H21NO4.ClH/c1-23-16-7-3-5-14(11-16)17(21)8-9-19-12-18(22)13-4-2-6-15(20)10-13;/h2-7,10-11,18-20,22H,8-9,12H2,1H3;1H. The minimum Gasteiger partial charge on any atom is -1.00 e. The van der Waals surface area contributed by atoms with Crippen LogP contribution in [-0.2, 0) is 0 Å². The molecular formula is C18H22ClNO4. The summed E-state index contributed by atoms with van der Waals surface area (Å²) < 4.78 is 5.11. The van der Waals surface area contributed by atoms with Crippen LogP contribution >= 0.6 is 0 Å². The summed E-state index contributed by atoms with van der Waals surface area (Å²) in [4.78, 5) is 12.1. The van der Waals surface area contributed by atoms with E-state index >= 15 is 0 Å². The Labute approximate surface area is 147 Å². The summed E-state index contributed by atoms with van der Waals surface area (Å²) in [5, 5.41) is 21.3. The van der Waals surface area contributed by atoms with Crippen LogP contribution < -0.4 is 22.5 Å². The molecular weight excluding hydrogens is 330 g/mol. The van der Waals surface area contributed by atoms with Gasteiger partial charge in [-0.05, 0) is 29.8 Å². The van der Waals surface area contributed by atoms with Crippen LogP contribution in [0.25, 0.3) is 0 Å². The minimum atomic E-state index is -0.672. The van der Waals surface area contributed by atoms with Crippen LogP contribution in [-0.4, -0.2) is 36.2 Å². The number of aliphatic hydroxyl groups is 1. The Morgan fingerprint density at radius 1 is 1.21 bits per heavy atom. The second-order valence-electron chi connectivity index (χ2n) is 5.33. The Morgan fingerprint density at radius 2 is 1.96 bits per heavy atom. The first kappa shape index (κ1) is 20.0. The smallest absolute Gasteiger partial charge is 0.168 e. The van der Waals surface area contributed by atoms with E-state index in [0.717, 1.165) is 0 Å². The van der Waals surface area contributed by atoms with E-state index in [2.05, 4.69) is 0 Å². The molecule has 6 heteroatoms. The van der Waals surface area contributed by atoms with Gasteiger partial charge in [-0.1, -0.05) is 24.3 Å². The van der Waals surface area contributed by atoms with Gasteiger partial charge < -0.3 is 32.7 Å². The highest BCUT2D eigenvalue weighted by Crippen LogP contribution is 2.17. The summed E-state index contributed by atoms with van der Waals surface area (Å²) in [6, 6.07) is 13.7. The average Bonchev–Trinajstić information content (AvgIpc) is 2.58. The zero-order valence-electron chi connectivity index (χ0n) is 13.5. The quantitative estimate of drug-likeness (QED) is 0.390. The van der Waals surface area contributed by atoms with E-state index in [4.69, 9.17) is 4.74 Å². The van der Waals surface area contributed by atoms with Crippen molar-refractivity contribution in [1.82, 2.24) is 0 Å². The van der Waals surface area contributed by atoms with Crippen molar-refractivity contribution in [1.29, 1.82) is 0 Å². The van der Waals surface area contributed by atoms with Crippen molar-refractivity contribution in [3.63, 3.8) is 0 Å². The first-order valence-corrected chi connectivity index (χ1v) is 7.56. The Morgan fingerprint density at radius 3 is 2.67 bits per heavy atom. The van der Waals surface area contributed by atoms with Crippen LogP contribution in [0.4, 0.5) is 0 Å². The third-order valence-corrected chi connectivity index (χ3v) is 3.61. The minimum absolute atomic E-state index is 0. The van der Waals surface area contributed by atoms with Gasteiger partial charge in [0.1, 0.15) is 24.1 Å². The number of carbonyl (C=O) groups excluding carboxylic acids is 1. The first-order valence-electron chi connectivity index (χ1n) is 7.56. The fourth-order valence-corrected chi connectivity index (χ4v) is 2.32. The number of rotatable bonds is 8. The summed E-state index contributed by atoms with van der Waals surface area (Å²) >= 11 is 0. The van der Waals surface area contributed by atoms with Crippen LogP contribution in [0, 0.1) is 0 Å². The molecule has 1 unspecified atom stereocenters. The zero-order valence-corrected chi connectivity index (χ0v) is 14.2. The SMILES string of the molecule is COc1cccc(C(=O)CC[NH2+]CC(O)c2cccc(O)c2)c1.[Cl-]. The van der Waals surface area contributed by atoms with Crippen molar-refractivity contribution in [2.75, 3.05) is 20.2 Å². The van der Waals surface area contributed by atoms with Crippen LogP contribution in [0.5, 0.6) is 11.5 Å². The number of hydrogen-bond donors (Lipinski definition) is 3. The van der Waals surface area contributed by atoms with Crippen molar-refractivity contribution >= 4 is 5.78 Å². The van der Waals surface area contributed by atoms with Crippen molar-refractivity contribution in [3.05, 3.63) is 59.7 Å². The Balaban J connectivity index is 0.00000288. The number of aliphatic hydroxyl groups excluding tert-OH is 1. The van der Waals surface area contributed by atoms with Crippen LogP contribution in [0.3, 0.4) is 0 Å². The summed E-state index contributed by atoms with van der Waals surface area (Å²) in [6.45, 7) is 1.03. The Bertz CT molecular complexity index is 663. The number of benzene rings is 2. The summed E-state index contributed by atoms with van der Waals surface area (Å²) in [5.74, 6) is 0.848. The number of Topliss-reactive ketones (excluding diaryl/α,β-unsaturated/α-hetero) is 1. The lowest BCUT2D eigenvalue weighted by molar-refractivity contribution is -0.660. The van der Waals surface area contributed by atoms with Gasteiger partial charge in [-0.15, -0.1) is 0 Å². The lowest BCUT2D eigenvalue weighted by Gasteiger charge is -2.10. The normalized spacial score (nSPS) is 11.4. The van der Waals surface area contributed by atoms with E-state index < -0.39 is 6.10 Å². The molecule has 2 aromatic rings. The maximum absolute atomic E-state index is 12.1. The fourth-order valence-electron chi connectivity index (χ4n) is 2.32. The molecule has 0 saturated carbocycles. The first-order chi connectivity index (χ1) is 11.1. The summed E-state index contributed by atoms with van der Waals surface area (Å²) in [6.07, 6.45) is -0.283. The molecule has 2 rings (SSSR count). The van der Waals surface area contributed by atoms with Gasteiger partial charge in [0.15, 0.2) is 5.78 Å². The molecule has 0 aliphatic carbocycles. The molecule has 0 heterocycles. The van der Waals surface area contributed by atoms with Crippen LogP contribution in [0.15, 0.2) is 48.5 Å². The number of ketones is 1. The molecule has 1 atom stereocenters. The van der Waals surface area contributed by atoms with E-state index in [1.54, 1.807) is 55.6 Å². The molecule has 0 radical (unpaired) electrons. The molecule has 0 aliphatic heterocycles. The van der Waals surface area contributed by atoms with Gasteiger partial charge >= 0.3 is 0 Å². The highest BCUT2D eigenvalue weighted by molar-refractivity contribution is 5.96. The molecule has 0 aromatic heterocycles. The number of phenols is 1. The van der Waals surface area contributed by atoms with Crippen molar-refractivity contribution in [2.24, 2.45) is 0 Å². The molecule has 5 nitrogen and oxygen atoms in total. The van der Waals surface area contributed by atoms with Crippen molar-refractivity contribution in [2.45, 2.75) is 12.5 Å². The van der Waals surface area contributed by atoms with Gasteiger partial charge in [0.25, 0.3) is 0 Å². The molecule has 0 saturated heterocycles. The maximum atomic E-state index is 12.1. The van der Waals surface area contributed by atoms with Gasteiger partial charge in [-0.3, -0.25) is 4.79 Å². The lowest BCUT2D eigenvalue weighted by Crippen LogP contribution is -3.00. The molecule has 24 heavy (non-hydrogen) atoms. The van der Waals surface area contributed by atoms with Gasteiger partial charge in [-0.2, -0.15) is 0 Å². The molecule has 0 spiro atoms. The molecule has 0 bridgehead atoms. The van der Waals surface area contributed by atoms with Crippen LogP contribution in [0.2, 0.25) is 0 Å². The van der Waals surface area contributed by atoms with E-state index in [9.17, 15) is 15.0 Å². The highest BCUT2D eigenvalue weighted by atomic mass is 35.5. The predicted molar refractivity (Wildman–Crippen MR) is 86.7 cm³/mol. The third kappa shape index (κ3) is 5.85. The summed E-state index contributed by atoms with van der Waals surface area (Å²) in [5.41, 5.74) is 1.30. The highest BCUT2D eigenvalue weighted by Gasteiger charge is 2.12. The zero-order chi connectivity index (χ0) is 16.7. The second kappa shape index (κ2) is 9.93. The number of carbonyl (C=O) groups is 1. The Hall–Kier alpha value is -2.08. The maximum Gasteiger partial charge on any atom is 0.168 e. The van der Waals surface area contributed by atoms with Crippen LogP contribution in [0.1, 0.15) is 28.4 Å². The largest absolute Gasteiger partial charge is 1.00 e. The Kier molecular flexibility index (Phi) is 8.26. The number of methoxy groups -OCH3 is 1. The van der Waals surface area contributed by atoms with Gasteiger partial charge in [-0.25, -0.2) is 0 Å². The van der Waals surface area contributed by atoms with Crippen molar-refractivity contribution < 1.29 is 37.5 Å². The number of nitrogens with two attached hydrogens (primary N) is 1. The lowest BCUT2D eigenvalue weighted by atomic mass is 10.1. The molecule has 4 N–H and O–H groups in total.